The third-order valence-corrected chi connectivity index (χ3v) is 3.77. The smallest absolute Gasteiger partial charge is 0.0925 e. The van der Waals surface area contributed by atoms with Crippen molar-refractivity contribution >= 4 is 15.9 Å². The third kappa shape index (κ3) is 3.54. The summed E-state index contributed by atoms with van der Waals surface area (Å²) in [6.45, 7) is 3.71. The predicted octanol–water partition coefficient (Wildman–Crippen LogP) is 3.63. The fraction of sp³-hybridized carbons (Fsp3) is 0.571. The molecule has 94 valence electrons. The molecule has 0 radical (unpaired) electrons. The second kappa shape index (κ2) is 6.53. The van der Waals surface area contributed by atoms with Crippen LogP contribution in [0.5, 0.6) is 0 Å². The molecule has 1 aliphatic heterocycles. The molecule has 1 heterocycles. The molecule has 2 rings (SSSR count). The van der Waals surface area contributed by atoms with Crippen molar-refractivity contribution in [1.29, 1.82) is 0 Å². The van der Waals surface area contributed by atoms with Crippen LogP contribution in [-0.4, -0.2) is 24.6 Å². The summed E-state index contributed by atoms with van der Waals surface area (Å²) in [5, 5.41) is 0.824. The van der Waals surface area contributed by atoms with Crippen molar-refractivity contribution in [3.8, 4) is 0 Å². The Morgan fingerprint density at radius 1 is 1.47 bits per heavy atom. The molecule has 1 aromatic rings. The van der Waals surface area contributed by atoms with Gasteiger partial charge in [0.05, 0.1) is 18.8 Å². The molecule has 2 unspecified atom stereocenters. The number of alkyl halides is 1. The highest BCUT2D eigenvalue weighted by Gasteiger charge is 2.19. The number of benzene rings is 1. The Balaban J connectivity index is 1.94. The first-order valence-electron chi connectivity index (χ1n) is 6.16. The van der Waals surface area contributed by atoms with Crippen LogP contribution >= 0.6 is 15.9 Å². The third-order valence-electron chi connectivity index (χ3n) is 3.18. The number of halogens is 1. The van der Waals surface area contributed by atoms with Gasteiger partial charge in [0.1, 0.15) is 0 Å². The molecule has 0 bridgehead atoms. The normalized spacial score (nSPS) is 21.6. The highest BCUT2D eigenvalue weighted by Crippen LogP contribution is 2.24. The molecular weight excluding hydrogens is 280 g/mol. The van der Waals surface area contributed by atoms with Crippen molar-refractivity contribution in [3.63, 3.8) is 0 Å². The summed E-state index contributed by atoms with van der Waals surface area (Å²) in [7, 11) is 0. The van der Waals surface area contributed by atoms with Gasteiger partial charge in [-0.15, -0.1) is 0 Å². The van der Waals surface area contributed by atoms with Gasteiger partial charge < -0.3 is 9.47 Å². The molecule has 0 aromatic heterocycles. The molecule has 3 heteroatoms. The minimum absolute atomic E-state index is 0.125. The SMILES string of the molecule is Cc1ccccc1C(CBr)OCC1CCCO1. The Bertz CT molecular complexity index is 348. The van der Waals surface area contributed by atoms with Gasteiger partial charge in [0, 0.05) is 11.9 Å². The lowest BCUT2D eigenvalue weighted by atomic mass is 10.0. The van der Waals surface area contributed by atoms with E-state index in [9.17, 15) is 0 Å². The Morgan fingerprint density at radius 2 is 2.29 bits per heavy atom. The highest BCUT2D eigenvalue weighted by atomic mass is 79.9. The summed E-state index contributed by atoms with van der Waals surface area (Å²) in [6.07, 6.45) is 2.71. The van der Waals surface area contributed by atoms with Gasteiger partial charge in [-0.3, -0.25) is 0 Å². The van der Waals surface area contributed by atoms with Crippen LogP contribution in [-0.2, 0) is 9.47 Å². The van der Waals surface area contributed by atoms with E-state index in [1.54, 1.807) is 0 Å². The van der Waals surface area contributed by atoms with Gasteiger partial charge in [0.15, 0.2) is 0 Å². The summed E-state index contributed by atoms with van der Waals surface area (Å²) in [5.41, 5.74) is 2.55. The number of rotatable bonds is 5. The van der Waals surface area contributed by atoms with Crippen LogP contribution in [0.1, 0.15) is 30.1 Å². The van der Waals surface area contributed by atoms with Gasteiger partial charge in [-0.1, -0.05) is 40.2 Å². The summed E-state index contributed by atoms with van der Waals surface area (Å²) in [4.78, 5) is 0. The molecule has 1 fully saturated rings. The minimum Gasteiger partial charge on any atom is -0.376 e. The molecule has 0 amide bonds. The molecule has 0 aliphatic carbocycles. The highest BCUT2D eigenvalue weighted by molar-refractivity contribution is 9.09. The predicted molar refractivity (Wildman–Crippen MR) is 72.6 cm³/mol. The molecule has 1 saturated heterocycles. The van der Waals surface area contributed by atoms with Crippen LogP contribution in [0.4, 0.5) is 0 Å². The average molecular weight is 299 g/mol. The molecule has 2 nitrogen and oxygen atoms in total. The van der Waals surface area contributed by atoms with Gasteiger partial charge >= 0.3 is 0 Å². The van der Waals surface area contributed by atoms with Crippen LogP contribution in [0.25, 0.3) is 0 Å². The first-order valence-corrected chi connectivity index (χ1v) is 7.28. The van der Waals surface area contributed by atoms with E-state index >= 15 is 0 Å². The molecule has 2 atom stereocenters. The molecule has 0 spiro atoms. The van der Waals surface area contributed by atoms with Gasteiger partial charge in [-0.05, 0) is 30.9 Å². The van der Waals surface area contributed by atoms with Gasteiger partial charge in [-0.25, -0.2) is 0 Å². The Hall–Kier alpha value is -0.380. The van der Waals surface area contributed by atoms with Crippen LogP contribution in [0.3, 0.4) is 0 Å². The van der Waals surface area contributed by atoms with Crippen LogP contribution < -0.4 is 0 Å². The molecule has 1 aromatic carbocycles. The largest absolute Gasteiger partial charge is 0.376 e. The van der Waals surface area contributed by atoms with E-state index in [0.29, 0.717) is 12.7 Å². The number of hydrogen-bond donors (Lipinski definition) is 0. The molecule has 1 aliphatic rings. The summed E-state index contributed by atoms with van der Waals surface area (Å²) < 4.78 is 11.5. The molecule has 0 saturated carbocycles. The maximum Gasteiger partial charge on any atom is 0.0925 e. The van der Waals surface area contributed by atoms with Crippen molar-refractivity contribution in [2.75, 3.05) is 18.5 Å². The second-order valence-electron chi connectivity index (χ2n) is 4.47. The Morgan fingerprint density at radius 3 is 2.94 bits per heavy atom. The lowest BCUT2D eigenvalue weighted by Gasteiger charge is -2.20. The van der Waals surface area contributed by atoms with Crippen molar-refractivity contribution in [2.24, 2.45) is 0 Å². The van der Waals surface area contributed by atoms with E-state index < -0.39 is 0 Å². The molecule has 17 heavy (non-hydrogen) atoms. The fourth-order valence-corrected chi connectivity index (χ4v) is 2.70. The molecule has 0 N–H and O–H groups in total. The zero-order chi connectivity index (χ0) is 12.1. The fourth-order valence-electron chi connectivity index (χ4n) is 2.16. The maximum absolute atomic E-state index is 5.97. The minimum atomic E-state index is 0.125. The van der Waals surface area contributed by atoms with E-state index in [1.807, 2.05) is 0 Å². The molecular formula is C14H19BrO2. The van der Waals surface area contributed by atoms with Crippen molar-refractivity contribution in [2.45, 2.75) is 32.0 Å². The summed E-state index contributed by atoms with van der Waals surface area (Å²) in [6, 6.07) is 8.38. The van der Waals surface area contributed by atoms with Crippen LogP contribution in [0.2, 0.25) is 0 Å². The monoisotopic (exact) mass is 298 g/mol. The number of ether oxygens (including phenoxy) is 2. The summed E-state index contributed by atoms with van der Waals surface area (Å²) in [5.74, 6) is 0. The zero-order valence-corrected chi connectivity index (χ0v) is 11.8. The zero-order valence-electron chi connectivity index (χ0n) is 10.2. The van der Waals surface area contributed by atoms with Crippen LogP contribution in [0.15, 0.2) is 24.3 Å². The lowest BCUT2D eigenvalue weighted by Crippen LogP contribution is -2.18. The first-order chi connectivity index (χ1) is 8.31. The maximum atomic E-state index is 5.97. The number of hydrogen-bond acceptors (Lipinski definition) is 2. The first kappa shape index (κ1) is 13.1. The van der Waals surface area contributed by atoms with E-state index in [0.717, 1.165) is 24.8 Å². The van der Waals surface area contributed by atoms with Gasteiger partial charge in [0.25, 0.3) is 0 Å². The van der Waals surface area contributed by atoms with Gasteiger partial charge in [-0.2, -0.15) is 0 Å². The van der Waals surface area contributed by atoms with Crippen LogP contribution in [0, 0.1) is 6.92 Å². The van der Waals surface area contributed by atoms with E-state index in [1.165, 1.54) is 11.1 Å². The van der Waals surface area contributed by atoms with Crippen molar-refractivity contribution < 1.29 is 9.47 Å². The van der Waals surface area contributed by atoms with E-state index in [4.69, 9.17) is 9.47 Å². The van der Waals surface area contributed by atoms with Crippen molar-refractivity contribution in [1.82, 2.24) is 0 Å². The number of aryl methyl sites for hydroxylation is 1. The standard InChI is InChI=1S/C14H19BrO2/c1-11-5-2-3-7-13(11)14(9-15)17-10-12-6-4-8-16-12/h2-3,5,7,12,14H,4,6,8-10H2,1H3. The van der Waals surface area contributed by atoms with E-state index in [2.05, 4.69) is 47.1 Å². The Labute approximate surface area is 111 Å². The Kier molecular flexibility index (Phi) is 5.01. The van der Waals surface area contributed by atoms with E-state index in [-0.39, 0.29) is 6.10 Å². The van der Waals surface area contributed by atoms with Crippen molar-refractivity contribution in [3.05, 3.63) is 35.4 Å². The summed E-state index contributed by atoms with van der Waals surface area (Å²) >= 11 is 3.53. The van der Waals surface area contributed by atoms with Gasteiger partial charge in [0.2, 0.25) is 0 Å². The topological polar surface area (TPSA) is 18.5 Å². The average Bonchev–Trinajstić information content (AvgIpc) is 2.85. The second-order valence-corrected chi connectivity index (χ2v) is 5.12. The quantitative estimate of drug-likeness (QED) is 0.773. The lowest BCUT2D eigenvalue weighted by molar-refractivity contribution is -0.0129.